The van der Waals surface area contributed by atoms with Crippen LogP contribution < -0.4 is 5.32 Å². The Morgan fingerprint density at radius 3 is 2.44 bits per heavy atom. The Labute approximate surface area is 154 Å². The lowest BCUT2D eigenvalue weighted by atomic mass is 10.2. The van der Waals surface area contributed by atoms with Crippen LogP contribution >= 0.6 is 19.0 Å². The molecule has 0 saturated heterocycles. The number of nitrogens with one attached hydrogen (secondary N) is 1. The summed E-state index contributed by atoms with van der Waals surface area (Å²) < 4.78 is 18.6. The van der Waals surface area contributed by atoms with Gasteiger partial charge in [0, 0.05) is 24.3 Å². The van der Waals surface area contributed by atoms with E-state index >= 15 is 0 Å². The first-order valence-electron chi connectivity index (χ1n) is 8.40. The highest BCUT2D eigenvalue weighted by Crippen LogP contribution is 2.50. The third-order valence-electron chi connectivity index (χ3n) is 3.74. The fraction of sp³-hybridized carbons (Fsp3) is 0.368. The molecule has 0 saturated carbocycles. The summed E-state index contributed by atoms with van der Waals surface area (Å²) in [6.07, 6.45) is -0.243. The zero-order valence-corrected chi connectivity index (χ0v) is 16.0. The van der Waals surface area contributed by atoms with Crippen molar-refractivity contribution < 1.29 is 14.2 Å². The number of halogens is 1. The average Bonchev–Trinajstić information content (AvgIpc) is 2.57. The van der Waals surface area contributed by atoms with Crippen LogP contribution in [0.2, 0.25) is 5.02 Å². The summed E-state index contributed by atoms with van der Waals surface area (Å²) in [5, 5.41) is 14.2. The first kappa shape index (κ1) is 20.2. The van der Waals surface area contributed by atoms with Gasteiger partial charge in [0.15, 0.2) is 0 Å². The quantitative estimate of drug-likeness (QED) is 0.602. The zero-order chi connectivity index (χ0) is 18.1. The molecule has 0 bridgehead atoms. The van der Waals surface area contributed by atoms with E-state index in [1.54, 1.807) is 0 Å². The van der Waals surface area contributed by atoms with E-state index in [1.165, 1.54) is 0 Å². The summed E-state index contributed by atoms with van der Waals surface area (Å²) in [6.45, 7) is 3.16. The molecular weight excluding hydrogens is 357 g/mol. The van der Waals surface area contributed by atoms with Gasteiger partial charge in [0.1, 0.15) is 0 Å². The summed E-state index contributed by atoms with van der Waals surface area (Å²) in [5.41, 5.74) is 2.04. The number of benzene rings is 2. The largest absolute Gasteiger partial charge is 0.391 e. The molecule has 4 nitrogen and oxygen atoms in total. The molecule has 0 radical (unpaired) electrons. The molecule has 0 spiro atoms. The van der Waals surface area contributed by atoms with Crippen molar-refractivity contribution in [3.8, 4) is 0 Å². The molecule has 25 heavy (non-hydrogen) atoms. The van der Waals surface area contributed by atoms with Crippen molar-refractivity contribution in [3.05, 3.63) is 70.7 Å². The maximum atomic E-state index is 13.0. The van der Waals surface area contributed by atoms with Gasteiger partial charge in [0.2, 0.25) is 7.37 Å². The first-order valence-corrected chi connectivity index (χ1v) is 10.8. The lowest BCUT2D eigenvalue weighted by molar-refractivity contribution is 0.187. The fourth-order valence-electron chi connectivity index (χ4n) is 2.63. The van der Waals surface area contributed by atoms with E-state index in [9.17, 15) is 9.67 Å². The lowest BCUT2D eigenvalue weighted by Gasteiger charge is -2.21. The van der Waals surface area contributed by atoms with Crippen molar-refractivity contribution in [1.29, 1.82) is 0 Å². The van der Waals surface area contributed by atoms with Crippen LogP contribution in [0.3, 0.4) is 0 Å². The number of aliphatic hydroxyl groups excluding tert-OH is 1. The highest BCUT2D eigenvalue weighted by atomic mass is 35.5. The summed E-state index contributed by atoms with van der Waals surface area (Å²) >= 11 is 5.86. The number of hydrogen-bond donors (Lipinski definition) is 2. The summed E-state index contributed by atoms with van der Waals surface area (Å²) in [5.74, 6) is 0. The van der Waals surface area contributed by atoms with Gasteiger partial charge in [-0.1, -0.05) is 54.1 Å². The molecule has 0 amide bonds. The highest BCUT2D eigenvalue weighted by molar-refractivity contribution is 7.58. The van der Waals surface area contributed by atoms with Crippen LogP contribution in [0.1, 0.15) is 18.1 Å². The van der Waals surface area contributed by atoms with E-state index in [0.29, 0.717) is 30.9 Å². The van der Waals surface area contributed by atoms with Gasteiger partial charge >= 0.3 is 0 Å². The Kier molecular flexibility index (Phi) is 8.14. The van der Waals surface area contributed by atoms with Crippen LogP contribution in [0.15, 0.2) is 54.6 Å². The van der Waals surface area contributed by atoms with Gasteiger partial charge in [-0.25, -0.2) is 0 Å². The van der Waals surface area contributed by atoms with Crippen molar-refractivity contribution in [2.75, 3.05) is 19.3 Å². The molecule has 2 aromatic carbocycles. The van der Waals surface area contributed by atoms with Gasteiger partial charge in [0.05, 0.1) is 18.9 Å². The van der Waals surface area contributed by atoms with Gasteiger partial charge in [-0.2, -0.15) is 0 Å². The first-order chi connectivity index (χ1) is 12.0. The maximum absolute atomic E-state index is 13.0. The summed E-state index contributed by atoms with van der Waals surface area (Å²) in [4.78, 5) is 0. The minimum atomic E-state index is -2.92. The normalized spacial score (nSPS) is 14.8. The third kappa shape index (κ3) is 7.31. The Morgan fingerprint density at radius 1 is 1.12 bits per heavy atom. The van der Waals surface area contributed by atoms with Gasteiger partial charge in [-0.15, -0.1) is 0 Å². The lowest BCUT2D eigenvalue weighted by Crippen LogP contribution is -2.29. The molecule has 0 aliphatic heterocycles. The summed E-state index contributed by atoms with van der Waals surface area (Å²) in [6, 6.07) is 17.1. The molecule has 2 aromatic rings. The van der Waals surface area contributed by atoms with E-state index in [1.807, 2.05) is 61.5 Å². The van der Waals surface area contributed by atoms with Crippen molar-refractivity contribution in [2.45, 2.75) is 25.7 Å². The predicted molar refractivity (Wildman–Crippen MR) is 103 cm³/mol. The molecule has 2 unspecified atom stereocenters. The van der Waals surface area contributed by atoms with E-state index in [-0.39, 0.29) is 6.16 Å². The van der Waals surface area contributed by atoms with Crippen LogP contribution in [0.5, 0.6) is 0 Å². The van der Waals surface area contributed by atoms with Crippen molar-refractivity contribution >= 4 is 19.0 Å². The molecule has 2 N–H and O–H groups in total. The third-order valence-corrected chi connectivity index (χ3v) is 6.55. The molecule has 0 heterocycles. The topological polar surface area (TPSA) is 58.6 Å². The second-order valence-corrected chi connectivity index (χ2v) is 8.97. The van der Waals surface area contributed by atoms with Crippen LogP contribution in [0.4, 0.5) is 0 Å². The van der Waals surface area contributed by atoms with Gasteiger partial charge < -0.3 is 14.9 Å². The maximum Gasteiger partial charge on any atom is 0.210 e. The van der Waals surface area contributed by atoms with E-state index in [0.717, 1.165) is 11.1 Å². The fourth-order valence-corrected chi connectivity index (χ4v) is 5.09. The smallest absolute Gasteiger partial charge is 0.210 e. The SMILES string of the molecule is CCOP(=O)(Cc1ccccc1)CC(O)CNCc1ccc(Cl)cc1. The Balaban J connectivity index is 1.85. The number of hydrogen-bond acceptors (Lipinski definition) is 4. The van der Waals surface area contributed by atoms with Gasteiger partial charge in [-0.3, -0.25) is 4.57 Å². The molecule has 2 rings (SSSR count). The molecule has 0 aliphatic rings. The van der Waals surface area contributed by atoms with Crippen LogP contribution in [0, 0.1) is 0 Å². The minimum Gasteiger partial charge on any atom is -0.391 e. The number of rotatable bonds is 10. The molecular formula is C19H25ClNO3P. The molecule has 0 aromatic heterocycles. The highest BCUT2D eigenvalue weighted by Gasteiger charge is 2.26. The zero-order valence-electron chi connectivity index (χ0n) is 14.4. The van der Waals surface area contributed by atoms with Gasteiger partial charge in [0.25, 0.3) is 0 Å². The molecule has 136 valence electrons. The van der Waals surface area contributed by atoms with E-state index in [4.69, 9.17) is 16.1 Å². The van der Waals surface area contributed by atoms with Crippen LogP contribution in [0.25, 0.3) is 0 Å². The predicted octanol–water partition coefficient (Wildman–Crippen LogP) is 4.31. The minimum absolute atomic E-state index is 0.142. The second-order valence-electron chi connectivity index (χ2n) is 5.97. The Morgan fingerprint density at radius 2 is 1.80 bits per heavy atom. The molecule has 0 fully saturated rings. The van der Waals surface area contributed by atoms with Crippen molar-refractivity contribution in [3.63, 3.8) is 0 Å². The standard InChI is InChI=1S/C19H25ClNO3P/c1-2-24-25(23,14-17-6-4-3-5-7-17)15-19(22)13-21-12-16-8-10-18(20)11-9-16/h3-11,19,21-22H,2,12-15H2,1H3. The molecule has 6 heteroatoms. The Hall–Kier alpha value is -1.16. The second kappa shape index (κ2) is 10.1. The monoisotopic (exact) mass is 381 g/mol. The van der Waals surface area contributed by atoms with Crippen molar-refractivity contribution in [1.82, 2.24) is 5.32 Å². The van der Waals surface area contributed by atoms with Crippen LogP contribution in [-0.2, 0) is 21.8 Å². The average molecular weight is 382 g/mol. The van der Waals surface area contributed by atoms with Gasteiger partial charge in [-0.05, 0) is 30.2 Å². The number of aliphatic hydroxyl groups is 1. The molecule has 2 atom stereocenters. The van der Waals surface area contributed by atoms with E-state index < -0.39 is 13.5 Å². The van der Waals surface area contributed by atoms with Crippen molar-refractivity contribution in [2.24, 2.45) is 0 Å². The molecule has 0 aliphatic carbocycles. The van der Waals surface area contributed by atoms with Crippen LogP contribution in [-0.4, -0.2) is 30.5 Å². The Bertz CT molecular complexity index is 679. The van der Waals surface area contributed by atoms with E-state index in [2.05, 4.69) is 5.32 Å². The summed E-state index contributed by atoms with van der Waals surface area (Å²) in [7, 11) is -2.92.